The molecule has 2 aromatic rings. The van der Waals surface area contributed by atoms with Crippen molar-refractivity contribution >= 4 is 29.1 Å². The molecule has 2 aromatic carbocycles. The van der Waals surface area contributed by atoms with Crippen LogP contribution in [0.2, 0.25) is 10.0 Å². The smallest absolute Gasteiger partial charge is 0.254 e. The van der Waals surface area contributed by atoms with Crippen LogP contribution in [0.4, 0.5) is 0 Å². The minimum Gasteiger partial charge on any atom is -0.497 e. The first-order chi connectivity index (χ1) is 11.0. The molecule has 23 heavy (non-hydrogen) atoms. The minimum absolute atomic E-state index is 0.174. The Morgan fingerprint density at radius 1 is 1.04 bits per heavy atom. The fraction of sp³-hybridized carbons (Fsp3) is 0.235. The second-order valence-corrected chi connectivity index (χ2v) is 5.80. The molecule has 122 valence electrons. The molecule has 0 atom stereocenters. The normalized spacial score (nSPS) is 10.3. The first-order valence-corrected chi connectivity index (χ1v) is 7.63. The summed E-state index contributed by atoms with van der Waals surface area (Å²) in [5, 5.41) is 0.613. The summed E-state index contributed by atoms with van der Waals surface area (Å²) in [5.41, 5.74) is 1.41. The summed E-state index contributed by atoms with van der Waals surface area (Å²) in [6, 6.07) is 10.6. The molecule has 0 N–H and O–H groups in total. The summed E-state index contributed by atoms with van der Waals surface area (Å²) >= 11 is 12.2. The molecule has 0 saturated heterocycles. The van der Waals surface area contributed by atoms with Crippen LogP contribution in [-0.4, -0.2) is 32.1 Å². The summed E-state index contributed by atoms with van der Waals surface area (Å²) < 4.78 is 10.2. The van der Waals surface area contributed by atoms with E-state index in [1.165, 1.54) is 7.11 Å². The van der Waals surface area contributed by atoms with Crippen molar-refractivity contribution in [2.45, 2.75) is 6.54 Å². The summed E-state index contributed by atoms with van der Waals surface area (Å²) in [5.74, 6) is 0.964. The van der Waals surface area contributed by atoms with Gasteiger partial charge in [0, 0.05) is 19.2 Å². The fourth-order valence-corrected chi connectivity index (χ4v) is 2.82. The van der Waals surface area contributed by atoms with Crippen LogP contribution in [0, 0.1) is 0 Å². The third kappa shape index (κ3) is 4.09. The molecule has 0 aromatic heterocycles. The van der Waals surface area contributed by atoms with E-state index in [0.29, 0.717) is 27.9 Å². The van der Waals surface area contributed by atoms with Crippen LogP contribution in [0.25, 0.3) is 0 Å². The first-order valence-electron chi connectivity index (χ1n) is 6.87. The van der Waals surface area contributed by atoms with Crippen molar-refractivity contribution in [2.24, 2.45) is 0 Å². The highest BCUT2D eigenvalue weighted by atomic mass is 35.5. The van der Waals surface area contributed by atoms with E-state index in [2.05, 4.69) is 0 Å². The van der Waals surface area contributed by atoms with E-state index >= 15 is 0 Å². The molecular formula is C17H17Cl2NO3. The Bertz CT molecular complexity index is 678. The zero-order valence-electron chi connectivity index (χ0n) is 13.1. The maximum Gasteiger partial charge on any atom is 0.254 e. The molecule has 1 amide bonds. The predicted molar refractivity (Wildman–Crippen MR) is 91.8 cm³/mol. The van der Waals surface area contributed by atoms with Crippen LogP contribution in [0.1, 0.15) is 15.9 Å². The van der Waals surface area contributed by atoms with Crippen molar-refractivity contribution in [3.8, 4) is 11.5 Å². The second-order valence-electron chi connectivity index (χ2n) is 4.98. The van der Waals surface area contributed by atoms with Gasteiger partial charge in [-0.1, -0.05) is 35.3 Å². The van der Waals surface area contributed by atoms with E-state index in [9.17, 15) is 4.79 Å². The average Bonchev–Trinajstić information content (AvgIpc) is 2.54. The van der Waals surface area contributed by atoms with Crippen molar-refractivity contribution in [1.29, 1.82) is 0 Å². The molecule has 0 spiro atoms. The van der Waals surface area contributed by atoms with Crippen LogP contribution in [0.5, 0.6) is 11.5 Å². The van der Waals surface area contributed by atoms with E-state index in [4.69, 9.17) is 32.7 Å². The van der Waals surface area contributed by atoms with Gasteiger partial charge in [0.2, 0.25) is 0 Å². The largest absolute Gasteiger partial charge is 0.497 e. The van der Waals surface area contributed by atoms with Gasteiger partial charge in [-0.3, -0.25) is 4.79 Å². The van der Waals surface area contributed by atoms with Gasteiger partial charge in [0.1, 0.15) is 5.75 Å². The van der Waals surface area contributed by atoms with Gasteiger partial charge in [-0.2, -0.15) is 0 Å². The molecular weight excluding hydrogens is 337 g/mol. The van der Waals surface area contributed by atoms with Crippen molar-refractivity contribution in [3.63, 3.8) is 0 Å². The zero-order valence-corrected chi connectivity index (χ0v) is 14.6. The number of hydrogen-bond donors (Lipinski definition) is 0. The first kappa shape index (κ1) is 17.4. The van der Waals surface area contributed by atoms with Gasteiger partial charge in [-0.15, -0.1) is 0 Å². The SMILES string of the molecule is COc1ccc(CN(C)C(=O)c2cc(Cl)c(OC)c(Cl)c2)cc1. The van der Waals surface area contributed by atoms with Crippen LogP contribution < -0.4 is 9.47 Å². The number of halogens is 2. The molecule has 0 saturated carbocycles. The van der Waals surface area contributed by atoms with E-state index in [1.807, 2.05) is 24.3 Å². The molecule has 0 aliphatic rings. The molecule has 0 radical (unpaired) electrons. The second kappa shape index (κ2) is 7.57. The third-order valence-corrected chi connectivity index (χ3v) is 3.94. The average molecular weight is 354 g/mol. The number of carbonyl (C=O) groups is 1. The van der Waals surface area contributed by atoms with Gasteiger partial charge < -0.3 is 14.4 Å². The highest BCUT2D eigenvalue weighted by Gasteiger charge is 2.17. The number of amides is 1. The Kier molecular flexibility index (Phi) is 5.74. The lowest BCUT2D eigenvalue weighted by Gasteiger charge is -2.18. The van der Waals surface area contributed by atoms with Crippen molar-refractivity contribution < 1.29 is 14.3 Å². The van der Waals surface area contributed by atoms with E-state index in [-0.39, 0.29) is 5.91 Å². The Morgan fingerprint density at radius 2 is 1.61 bits per heavy atom. The van der Waals surface area contributed by atoms with Gasteiger partial charge in [0.15, 0.2) is 5.75 Å². The minimum atomic E-state index is -0.174. The van der Waals surface area contributed by atoms with Crippen LogP contribution in [0.15, 0.2) is 36.4 Å². The number of carbonyl (C=O) groups excluding carboxylic acids is 1. The highest BCUT2D eigenvalue weighted by molar-refractivity contribution is 6.37. The molecule has 0 aliphatic heterocycles. The van der Waals surface area contributed by atoms with Gasteiger partial charge in [0.05, 0.1) is 24.3 Å². The molecule has 0 unspecified atom stereocenters. The molecule has 0 aliphatic carbocycles. The Hall–Kier alpha value is -1.91. The number of nitrogens with zero attached hydrogens (tertiary/aromatic N) is 1. The Morgan fingerprint density at radius 3 is 2.09 bits per heavy atom. The van der Waals surface area contributed by atoms with E-state index < -0.39 is 0 Å². The Balaban J connectivity index is 2.15. The number of benzene rings is 2. The van der Waals surface area contributed by atoms with Crippen LogP contribution in [-0.2, 0) is 6.54 Å². The van der Waals surface area contributed by atoms with Crippen molar-refractivity contribution in [3.05, 3.63) is 57.6 Å². The quantitative estimate of drug-likeness (QED) is 0.804. The zero-order chi connectivity index (χ0) is 17.0. The van der Waals surface area contributed by atoms with Gasteiger partial charge in [-0.25, -0.2) is 0 Å². The molecule has 0 heterocycles. The summed E-state index contributed by atoms with van der Waals surface area (Å²) in [6.45, 7) is 0.462. The van der Waals surface area contributed by atoms with Crippen LogP contribution >= 0.6 is 23.2 Å². The third-order valence-electron chi connectivity index (χ3n) is 3.37. The maximum absolute atomic E-state index is 12.5. The summed E-state index contributed by atoms with van der Waals surface area (Å²) in [4.78, 5) is 14.1. The lowest BCUT2D eigenvalue weighted by Crippen LogP contribution is -2.26. The lowest BCUT2D eigenvalue weighted by atomic mass is 10.1. The van der Waals surface area contributed by atoms with E-state index in [1.54, 1.807) is 31.2 Å². The number of rotatable bonds is 5. The molecule has 0 fully saturated rings. The van der Waals surface area contributed by atoms with Crippen molar-refractivity contribution in [1.82, 2.24) is 4.90 Å². The molecule has 0 bridgehead atoms. The maximum atomic E-state index is 12.5. The molecule has 4 nitrogen and oxygen atoms in total. The summed E-state index contributed by atoms with van der Waals surface area (Å²) in [6.07, 6.45) is 0. The van der Waals surface area contributed by atoms with E-state index in [0.717, 1.165) is 11.3 Å². The standard InChI is InChI=1S/C17H17Cl2NO3/c1-20(10-11-4-6-13(22-2)7-5-11)17(21)12-8-14(18)16(23-3)15(19)9-12/h4-9H,10H2,1-3H3. The topological polar surface area (TPSA) is 38.8 Å². The number of hydrogen-bond acceptors (Lipinski definition) is 3. The monoisotopic (exact) mass is 353 g/mol. The fourth-order valence-electron chi connectivity index (χ4n) is 2.18. The molecule has 2 rings (SSSR count). The van der Waals surface area contributed by atoms with Gasteiger partial charge in [0.25, 0.3) is 5.91 Å². The lowest BCUT2D eigenvalue weighted by molar-refractivity contribution is 0.0785. The highest BCUT2D eigenvalue weighted by Crippen LogP contribution is 2.34. The number of ether oxygens (including phenoxy) is 2. The summed E-state index contributed by atoms with van der Waals surface area (Å²) in [7, 11) is 4.81. The van der Waals surface area contributed by atoms with Crippen LogP contribution in [0.3, 0.4) is 0 Å². The Labute approximate surface area is 145 Å². The van der Waals surface area contributed by atoms with Crippen molar-refractivity contribution in [2.75, 3.05) is 21.3 Å². The molecule has 6 heteroatoms. The predicted octanol–water partition coefficient (Wildman–Crippen LogP) is 4.28. The van der Waals surface area contributed by atoms with Gasteiger partial charge >= 0.3 is 0 Å². The van der Waals surface area contributed by atoms with Gasteiger partial charge in [-0.05, 0) is 29.8 Å². The number of methoxy groups -OCH3 is 2.